The third-order valence-corrected chi connectivity index (χ3v) is 6.06. The molecule has 0 aromatic heterocycles. The summed E-state index contributed by atoms with van der Waals surface area (Å²) < 4.78 is 5.57. The molecular weight excluding hydrogens is 341 g/mol. The topological polar surface area (TPSA) is 63.6 Å². The van der Waals surface area contributed by atoms with Gasteiger partial charge in [0.1, 0.15) is 6.54 Å². The molecule has 2 bridgehead atoms. The molecule has 2 heterocycles. The van der Waals surface area contributed by atoms with Gasteiger partial charge in [0, 0.05) is 5.56 Å². The minimum atomic E-state index is -2.72. The Balaban J connectivity index is 1.79. The van der Waals surface area contributed by atoms with E-state index in [0.29, 0.717) is 0 Å². The van der Waals surface area contributed by atoms with Gasteiger partial charge in [-0.15, -0.1) is 5.98 Å². The predicted octanol–water partition coefficient (Wildman–Crippen LogP) is 2.50. The summed E-state index contributed by atoms with van der Waals surface area (Å²) >= 11 is 0. The summed E-state index contributed by atoms with van der Waals surface area (Å²) in [6.07, 6.45) is 1.76. The van der Waals surface area contributed by atoms with E-state index in [1.54, 1.807) is 12.1 Å². The van der Waals surface area contributed by atoms with E-state index in [4.69, 9.17) is 4.65 Å². The van der Waals surface area contributed by atoms with Crippen molar-refractivity contribution in [1.82, 2.24) is 0 Å². The van der Waals surface area contributed by atoms with Crippen molar-refractivity contribution in [1.29, 1.82) is 0 Å². The van der Waals surface area contributed by atoms with Crippen LogP contribution in [-0.4, -0.2) is 40.9 Å². The number of hydrogen-bond donors (Lipinski definition) is 1. The van der Waals surface area contributed by atoms with Crippen LogP contribution in [0, 0.1) is 5.92 Å². The normalized spacial score (nSPS) is 31.1. The molecular formula is C21H22BNO4. The Hall–Kier alpha value is -2.70. The van der Waals surface area contributed by atoms with Gasteiger partial charge in [-0.05, 0) is 12.5 Å². The highest BCUT2D eigenvalue weighted by Gasteiger charge is 2.64. The third-order valence-electron chi connectivity index (χ3n) is 6.06. The highest BCUT2D eigenvalue weighted by Crippen LogP contribution is 2.44. The van der Waals surface area contributed by atoms with Crippen LogP contribution >= 0.6 is 0 Å². The van der Waals surface area contributed by atoms with Crippen molar-refractivity contribution in [2.75, 3.05) is 13.1 Å². The van der Waals surface area contributed by atoms with Crippen LogP contribution in [0.2, 0.25) is 0 Å². The first-order valence-corrected chi connectivity index (χ1v) is 9.24. The maximum Gasteiger partial charge on any atom is 0.549 e. The lowest BCUT2D eigenvalue weighted by molar-refractivity contribution is -0.865. The van der Waals surface area contributed by atoms with Crippen molar-refractivity contribution in [3.8, 4) is 0 Å². The van der Waals surface area contributed by atoms with Crippen LogP contribution in [0.1, 0.15) is 24.1 Å². The number of ketones is 1. The fraction of sp³-hybridized carbons (Fsp3) is 0.238. The molecule has 2 aliphatic heterocycles. The lowest BCUT2D eigenvalue weighted by Crippen LogP contribution is -2.72. The molecule has 4 rings (SSSR count). The Labute approximate surface area is 158 Å². The van der Waals surface area contributed by atoms with Gasteiger partial charge in [-0.2, -0.15) is 0 Å². The highest BCUT2D eigenvalue weighted by molar-refractivity contribution is 6.67. The fourth-order valence-corrected chi connectivity index (χ4v) is 4.41. The number of fused-ring (bicyclic) bond motifs is 2. The summed E-state index contributed by atoms with van der Waals surface area (Å²) in [5.74, 6) is 0.00505. The van der Waals surface area contributed by atoms with E-state index in [9.17, 15) is 14.6 Å². The Kier molecular flexibility index (Phi) is 4.25. The van der Waals surface area contributed by atoms with Crippen LogP contribution in [-0.2, 0) is 14.2 Å². The molecule has 1 N–H and O–H groups in total. The van der Waals surface area contributed by atoms with Gasteiger partial charge in [0.15, 0.2) is 5.92 Å². The molecule has 6 heteroatoms. The Morgan fingerprint density at radius 2 is 1.74 bits per heavy atom. The smallest absolute Gasteiger partial charge is 0.549 e. The van der Waals surface area contributed by atoms with Crippen molar-refractivity contribution in [3.05, 3.63) is 77.8 Å². The molecule has 2 aromatic carbocycles. The zero-order chi connectivity index (χ0) is 19.1. The van der Waals surface area contributed by atoms with Crippen LogP contribution < -0.4 is 0 Å². The van der Waals surface area contributed by atoms with Gasteiger partial charge < -0.3 is 14.1 Å². The third kappa shape index (κ3) is 2.81. The van der Waals surface area contributed by atoms with Gasteiger partial charge in [0.2, 0.25) is 5.78 Å². The van der Waals surface area contributed by atoms with Gasteiger partial charge in [0.05, 0.1) is 12.6 Å². The van der Waals surface area contributed by atoms with E-state index in [2.05, 4.69) is 0 Å². The average molecular weight is 363 g/mol. The summed E-state index contributed by atoms with van der Waals surface area (Å²) in [6, 6.07) is 19.1. The fourth-order valence-electron chi connectivity index (χ4n) is 4.41. The van der Waals surface area contributed by atoms with E-state index in [-0.39, 0.29) is 29.3 Å². The van der Waals surface area contributed by atoms with Crippen LogP contribution in [0.3, 0.4) is 0 Å². The SMILES string of the molecule is CC(c1ccccc1)[N@+]12CC(=O)C(C1)C(=O)O[B-]2(O)/C=C/c1ccccc1. The van der Waals surface area contributed by atoms with Crippen molar-refractivity contribution in [3.63, 3.8) is 0 Å². The van der Waals surface area contributed by atoms with E-state index < -0.39 is 18.6 Å². The van der Waals surface area contributed by atoms with Crippen LogP contribution in [0.5, 0.6) is 0 Å². The second kappa shape index (κ2) is 6.48. The standard InChI is InChI=1S/C21H22BNO4/c1-16(18-10-6-3-7-11-18)23-14-19(20(24)15-23)21(25)27-22(23,26)13-12-17-8-4-2-5-9-17/h2-13,16,19,26H,14-15H2,1H3/b13-12+/t16?,19?,22?,23-/m1/s1. The van der Waals surface area contributed by atoms with Gasteiger partial charge in [-0.3, -0.25) is 9.59 Å². The molecule has 2 saturated heterocycles. The van der Waals surface area contributed by atoms with Crippen LogP contribution in [0.25, 0.3) is 6.08 Å². The first kappa shape index (κ1) is 17.7. The van der Waals surface area contributed by atoms with Crippen molar-refractivity contribution < 1.29 is 23.7 Å². The van der Waals surface area contributed by atoms with Gasteiger partial charge in [-0.25, -0.2) is 0 Å². The summed E-state index contributed by atoms with van der Waals surface area (Å²) in [5.41, 5.74) is 1.89. The van der Waals surface area contributed by atoms with E-state index in [1.807, 2.05) is 67.6 Å². The minimum absolute atomic E-state index is 0.0303. The van der Waals surface area contributed by atoms with Crippen molar-refractivity contribution in [2.24, 2.45) is 5.92 Å². The van der Waals surface area contributed by atoms with Crippen molar-refractivity contribution >= 4 is 24.5 Å². The molecule has 0 aliphatic carbocycles. The molecule has 5 nitrogen and oxygen atoms in total. The maximum absolute atomic E-state index is 12.5. The molecule has 2 fully saturated rings. The number of rotatable bonds is 4. The maximum atomic E-state index is 12.5. The number of quaternary nitrogens is 1. The molecule has 0 amide bonds. The number of nitrogens with zero attached hydrogens (tertiary/aromatic N) is 1. The number of hydrogen-bond acceptors (Lipinski definition) is 4. The number of benzene rings is 2. The van der Waals surface area contributed by atoms with Gasteiger partial charge in [0.25, 0.3) is 5.97 Å². The molecule has 0 radical (unpaired) electrons. The van der Waals surface area contributed by atoms with Gasteiger partial charge >= 0.3 is 6.69 Å². The molecule has 2 aliphatic rings. The van der Waals surface area contributed by atoms with Crippen molar-refractivity contribution in [2.45, 2.75) is 13.0 Å². The molecule has 0 spiro atoms. The zero-order valence-electron chi connectivity index (χ0n) is 15.2. The number of carbonyl (C=O) groups excluding carboxylic acids is 2. The molecule has 4 atom stereocenters. The molecule has 138 valence electrons. The lowest BCUT2D eigenvalue weighted by atomic mass is 9.63. The molecule has 0 saturated carbocycles. The lowest BCUT2D eigenvalue weighted by Gasteiger charge is -2.57. The van der Waals surface area contributed by atoms with Crippen LogP contribution in [0.4, 0.5) is 0 Å². The zero-order valence-corrected chi connectivity index (χ0v) is 15.2. The summed E-state index contributed by atoms with van der Waals surface area (Å²) in [6.45, 7) is -0.387. The Bertz CT molecular complexity index is 901. The number of carbonyl (C=O) groups is 2. The Morgan fingerprint density at radius 1 is 1.11 bits per heavy atom. The average Bonchev–Trinajstić information content (AvgIpc) is 3.03. The highest BCUT2D eigenvalue weighted by atomic mass is 16.6. The summed E-state index contributed by atoms with van der Waals surface area (Å²) in [4.78, 5) is 24.9. The molecule has 3 unspecified atom stereocenters. The minimum Gasteiger partial charge on any atom is -0.611 e. The first-order valence-electron chi connectivity index (χ1n) is 9.24. The van der Waals surface area contributed by atoms with E-state index in [1.165, 1.54) is 0 Å². The quantitative estimate of drug-likeness (QED) is 0.670. The van der Waals surface area contributed by atoms with E-state index >= 15 is 0 Å². The monoisotopic (exact) mass is 363 g/mol. The molecule has 2 aromatic rings. The summed E-state index contributed by atoms with van der Waals surface area (Å²) in [7, 11) is 0. The van der Waals surface area contributed by atoms with E-state index in [0.717, 1.165) is 11.1 Å². The first-order chi connectivity index (χ1) is 13.0. The number of Topliss-reactive ketones (excluding diaryl/α,β-unsaturated/α-hetero) is 1. The largest absolute Gasteiger partial charge is 0.611 e. The Morgan fingerprint density at radius 3 is 2.41 bits per heavy atom. The van der Waals surface area contributed by atoms with Gasteiger partial charge in [-0.1, -0.05) is 66.7 Å². The second-order valence-corrected chi connectivity index (χ2v) is 7.52. The summed E-state index contributed by atoms with van der Waals surface area (Å²) in [5, 5.41) is 11.5. The van der Waals surface area contributed by atoms with Crippen LogP contribution in [0.15, 0.2) is 66.6 Å². The predicted molar refractivity (Wildman–Crippen MR) is 103 cm³/mol. The molecule has 27 heavy (non-hydrogen) atoms. The second-order valence-electron chi connectivity index (χ2n) is 7.52.